The van der Waals surface area contributed by atoms with Crippen molar-refractivity contribution < 1.29 is 0 Å². The number of hydrogen-bond acceptors (Lipinski definition) is 4. The fraction of sp³-hybridized carbons (Fsp3) is 0.714. The zero-order chi connectivity index (χ0) is 13.3. The summed E-state index contributed by atoms with van der Waals surface area (Å²) in [5.74, 6) is 2.96. The van der Waals surface area contributed by atoms with Gasteiger partial charge >= 0.3 is 0 Å². The fourth-order valence-corrected chi connectivity index (χ4v) is 2.42. The van der Waals surface area contributed by atoms with Crippen LogP contribution in [0.5, 0.6) is 0 Å². The van der Waals surface area contributed by atoms with Crippen LogP contribution < -0.4 is 10.6 Å². The lowest BCUT2D eigenvalue weighted by molar-refractivity contribution is 0.488. The molecule has 0 amide bonds. The second-order valence-corrected chi connectivity index (χ2v) is 5.73. The Kier molecular flexibility index (Phi) is 3.85. The molecule has 0 aliphatic carbocycles. The smallest absolute Gasteiger partial charge is 0.133 e. The minimum Gasteiger partial charge on any atom is -0.356 e. The van der Waals surface area contributed by atoms with Crippen molar-refractivity contribution >= 4 is 5.82 Å². The van der Waals surface area contributed by atoms with Gasteiger partial charge in [-0.1, -0.05) is 13.8 Å². The second kappa shape index (κ2) is 5.22. The molecule has 2 heterocycles. The Morgan fingerprint density at radius 3 is 2.61 bits per heavy atom. The number of aromatic nitrogens is 2. The lowest BCUT2D eigenvalue weighted by Crippen LogP contribution is -2.30. The first-order valence-corrected chi connectivity index (χ1v) is 6.83. The van der Waals surface area contributed by atoms with Gasteiger partial charge in [0.1, 0.15) is 11.6 Å². The number of nitrogens with zero attached hydrogens (tertiary/aromatic N) is 3. The van der Waals surface area contributed by atoms with Crippen molar-refractivity contribution in [1.29, 1.82) is 0 Å². The number of aryl methyl sites for hydroxylation is 1. The van der Waals surface area contributed by atoms with Crippen LogP contribution in [-0.4, -0.2) is 29.1 Å². The predicted molar refractivity (Wildman–Crippen MR) is 74.8 cm³/mol. The van der Waals surface area contributed by atoms with E-state index in [0.29, 0.717) is 11.8 Å². The van der Waals surface area contributed by atoms with Crippen LogP contribution in [0, 0.1) is 12.8 Å². The minimum atomic E-state index is 0.266. The van der Waals surface area contributed by atoms with Crippen molar-refractivity contribution in [3.05, 3.63) is 17.6 Å². The van der Waals surface area contributed by atoms with E-state index in [4.69, 9.17) is 5.73 Å². The Bertz CT molecular complexity index is 414. The molecule has 0 radical (unpaired) electrons. The van der Waals surface area contributed by atoms with E-state index < -0.39 is 0 Å². The van der Waals surface area contributed by atoms with Crippen molar-refractivity contribution in [2.45, 2.75) is 46.1 Å². The van der Waals surface area contributed by atoms with Crippen molar-refractivity contribution in [2.24, 2.45) is 11.7 Å². The van der Waals surface area contributed by atoms with Gasteiger partial charge in [0.2, 0.25) is 0 Å². The number of nitrogens with two attached hydrogens (primary N) is 1. The Balaban J connectivity index is 2.19. The Morgan fingerprint density at radius 1 is 1.33 bits per heavy atom. The highest BCUT2D eigenvalue weighted by atomic mass is 15.2. The van der Waals surface area contributed by atoms with Gasteiger partial charge in [-0.3, -0.25) is 0 Å². The summed E-state index contributed by atoms with van der Waals surface area (Å²) in [6, 6.07) is 2.35. The third kappa shape index (κ3) is 2.80. The molecule has 2 rings (SSSR count). The van der Waals surface area contributed by atoms with Gasteiger partial charge in [-0.05, 0) is 26.2 Å². The Morgan fingerprint density at radius 2 is 2.06 bits per heavy atom. The molecule has 18 heavy (non-hydrogen) atoms. The van der Waals surface area contributed by atoms with E-state index in [9.17, 15) is 0 Å². The van der Waals surface area contributed by atoms with E-state index in [-0.39, 0.29) is 6.04 Å². The van der Waals surface area contributed by atoms with Gasteiger partial charge in [-0.25, -0.2) is 9.97 Å². The van der Waals surface area contributed by atoms with E-state index in [1.165, 1.54) is 0 Å². The zero-order valence-corrected chi connectivity index (χ0v) is 11.8. The highest BCUT2D eigenvalue weighted by Gasteiger charge is 2.26. The molecular weight excluding hydrogens is 224 g/mol. The van der Waals surface area contributed by atoms with Gasteiger partial charge < -0.3 is 10.6 Å². The molecule has 1 fully saturated rings. The van der Waals surface area contributed by atoms with Crippen molar-refractivity contribution in [1.82, 2.24) is 9.97 Å². The van der Waals surface area contributed by atoms with Crippen LogP contribution >= 0.6 is 0 Å². The van der Waals surface area contributed by atoms with Crippen molar-refractivity contribution in [3.8, 4) is 0 Å². The van der Waals surface area contributed by atoms with Gasteiger partial charge in [-0.15, -0.1) is 0 Å². The maximum Gasteiger partial charge on any atom is 0.133 e. The molecule has 1 aromatic rings. The molecule has 4 heteroatoms. The molecule has 1 saturated heterocycles. The van der Waals surface area contributed by atoms with Crippen molar-refractivity contribution in [2.75, 3.05) is 18.0 Å². The SMILES string of the molecule is Cc1cc(N2CCC(C(C)N)C2)nc(C(C)C)n1. The van der Waals surface area contributed by atoms with E-state index in [2.05, 4.69) is 41.7 Å². The molecule has 2 unspecified atom stereocenters. The molecule has 1 aliphatic heterocycles. The monoisotopic (exact) mass is 248 g/mol. The van der Waals surface area contributed by atoms with E-state index in [1.54, 1.807) is 0 Å². The Labute approximate surface area is 110 Å². The molecule has 1 aliphatic rings. The van der Waals surface area contributed by atoms with Crippen LogP contribution in [0.3, 0.4) is 0 Å². The zero-order valence-electron chi connectivity index (χ0n) is 11.8. The standard InChI is InChI=1S/C14H24N4/c1-9(2)14-16-10(3)7-13(17-14)18-6-5-12(8-18)11(4)15/h7,9,11-12H,5-6,8,15H2,1-4H3. The van der Waals surface area contributed by atoms with E-state index in [1.807, 2.05) is 6.92 Å². The quantitative estimate of drug-likeness (QED) is 0.890. The first kappa shape index (κ1) is 13.3. The summed E-state index contributed by atoms with van der Waals surface area (Å²) in [4.78, 5) is 11.5. The average molecular weight is 248 g/mol. The summed E-state index contributed by atoms with van der Waals surface area (Å²) in [6.45, 7) is 10.5. The van der Waals surface area contributed by atoms with Crippen LogP contribution in [-0.2, 0) is 0 Å². The first-order chi connectivity index (χ1) is 8.47. The normalized spacial score (nSPS) is 21.7. The predicted octanol–water partition coefficient (Wildman–Crippen LogP) is 2.08. The Hall–Kier alpha value is -1.16. The third-order valence-corrected chi connectivity index (χ3v) is 3.67. The lowest BCUT2D eigenvalue weighted by Gasteiger charge is -2.20. The summed E-state index contributed by atoms with van der Waals surface area (Å²) in [5, 5.41) is 0. The molecule has 0 spiro atoms. The number of hydrogen-bond donors (Lipinski definition) is 1. The van der Waals surface area contributed by atoms with E-state index in [0.717, 1.165) is 36.8 Å². The second-order valence-electron chi connectivity index (χ2n) is 5.73. The van der Waals surface area contributed by atoms with Gasteiger partial charge in [-0.2, -0.15) is 0 Å². The molecular formula is C14H24N4. The number of rotatable bonds is 3. The topological polar surface area (TPSA) is 55.0 Å². The van der Waals surface area contributed by atoms with Crippen molar-refractivity contribution in [3.63, 3.8) is 0 Å². The van der Waals surface area contributed by atoms with Gasteiger partial charge in [0.25, 0.3) is 0 Å². The van der Waals surface area contributed by atoms with Crippen LogP contribution in [0.25, 0.3) is 0 Å². The van der Waals surface area contributed by atoms with Crippen LogP contribution in [0.15, 0.2) is 6.07 Å². The molecule has 1 aromatic heterocycles. The summed E-state index contributed by atoms with van der Waals surface area (Å²) in [7, 11) is 0. The maximum absolute atomic E-state index is 5.99. The summed E-state index contributed by atoms with van der Waals surface area (Å²) >= 11 is 0. The molecule has 4 nitrogen and oxygen atoms in total. The molecule has 2 atom stereocenters. The summed E-state index contributed by atoms with van der Waals surface area (Å²) in [5.41, 5.74) is 7.04. The number of anilines is 1. The largest absolute Gasteiger partial charge is 0.356 e. The first-order valence-electron chi connectivity index (χ1n) is 6.83. The molecule has 0 bridgehead atoms. The molecule has 2 N–H and O–H groups in total. The van der Waals surface area contributed by atoms with Gasteiger partial charge in [0, 0.05) is 36.8 Å². The molecule has 0 aromatic carbocycles. The molecule has 0 saturated carbocycles. The summed E-state index contributed by atoms with van der Waals surface area (Å²) in [6.07, 6.45) is 1.16. The van der Waals surface area contributed by atoms with Crippen LogP contribution in [0.2, 0.25) is 0 Å². The lowest BCUT2D eigenvalue weighted by atomic mass is 10.0. The van der Waals surface area contributed by atoms with Gasteiger partial charge in [0.15, 0.2) is 0 Å². The van der Waals surface area contributed by atoms with Gasteiger partial charge in [0.05, 0.1) is 0 Å². The van der Waals surface area contributed by atoms with Crippen LogP contribution in [0.4, 0.5) is 5.82 Å². The maximum atomic E-state index is 5.99. The molecule has 100 valence electrons. The highest BCUT2D eigenvalue weighted by molar-refractivity contribution is 5.41. The van der Waals surface area contributed by atoms with E-state index >= 15 is 0 Å². The minimum absolute atomic E-state index is 0.266. The fourth-order valence-electron chi connectivity index (χ4n) is 2.42. The highest BCUT2D eigenvalue weighted by Crippen LogP contribution is 2.25. The summed E-state index contributed by atoms with van der Waals surface area (Å²) < 4.78 is 0. The third-order valence-electron chi connectivity index (χ3n) is 3.67. The van der Waals surface area contributed by atoms with Crippen LogP contribution in [0.1, 0.15) is 44.6 Å². The average Bonchev–Trinajstić information content (AvgIpc) is 2.77.